The largest absolute Gasteiger partial charge is 0.292 e. The molecule has 92 valence electrons. The first-order chi connectivity index (χ1) is 8.58. The van der Waals surface area contributed by atoms with E-state index in [0.29, 0.717) is 11.3 Å². The fourth-order valence-electron chi connectivity index (χ4n) is 1.39. The highest BCUT2D eigenvalue weighted by molar-refractivity contribution is 9.09. The number of H-pyrrole nitrogens is 1. The molecule has 1 N–H and O–H groups in total. The summed E-state index contributed by atoms with van der Waals surface area (Å²) in [7, 11) is 0. The molecule has 0 aliphatic heterocycles. The van der Waals surface area contributed by atoms with Gasteiger partial charge in [0.05, 0.1) is 5.69 Å². The van der Waals surface area contributed by atoms with Gasteiger partial charge in [-0.2, -0.15) is 5.10 Å². The average Bonchev–Trinajstić information content (AvgIpc) is 2.39. The Morgan fingerprint density at radius 2 is 1.89 bits per heavy atom. The first-order valence-electron chi connectivity index (χ1n) is 5.07. The number of Topliss-reactive ketones (excluding diaryl/α,β-unsaturated/α-hetero) is 1. The van der Waals surface area contributed by atoms with Crippen LogP contribution in [0.1, 0.15) is 20.9 Å². The van der Waals surface area contributed by atoms with E-state index in [1.165, 1.54) is 36.4 Å². The number of aromatic amines is 1. The van der Waals surface area contributed by atoms with Crippen molar-refractivity contribution in [1.82, 2.24) is 10.2 Å². The minimum atomic E-state index is -0.681. The molecule has 0 spiro atoms. The Hall–Kier alpha value is -1.82. The first kappa shape index (κ1) is 12.6. The van der Waals surface area contributed by atoms with Crippen LogP contribution in [0.5, 0.6) is 0 Å². The van der Waals surface area contributed by atoms with E-state index in [0.717, 1.165) is 0 Å². The Balaban J connectivity index is 2.25. The van der Waals surface area contributed by atoms with Crippen LogP contribution in [0.4, 0.5) is 4.39 Å². The molecule has 18 heavy (non-hydrogen) atoms. The lowest BCUT2D eigenvalue weighted by Crippen LogP contribution is -2.13. The normalized spacial score (nSPS) is 12.1. The fraction of sp³-hybridized carbons (Fsp3) is 0.0833. The highest BCUT2D eigenvalue weighted by Crippen LogP contribution is 2.24. The quantitative estimate of drug-likeness (QED) is 0.698. The SMILES string of the molecule is O=C(c1ccc(F)cc1)C(Br)c1ccc(=O)[nH]n1. The molecule has 6 heteroatoms. The molecule has 0 saturated carbocycles. The zero-order valence-electron chi connectivity index (χ0n) is 9.06. The minimum Gasteiger partial charge on any atom is -0.292 e. The zero-order valence-corrected chi connectivity index (χ0v) is 10.6. The zero-order chi connectivity index (χ0) is 13.1. The molecule has 1 unspecified atom stereocenters. The number of carbonyl (C=O) groups is 1. The lowest BCUT2D eigenvalue weighted by molar-refractivity contribution is 0.0990. The summed E-state index contributed by atoms with van der Waals surface area (Å²) >= 11 is 3.20. The van der Waals surface area contributed by atoms with Gasteiger partial charge in [0.15, 0.2) is 5.78 Å². The van der Waals surface area contributed by atoms with Gasteiger partial charge in [-0.05, 0) is 30.3 Å². The van der Waals surface area contributed by atoms with Crippen molar-refractivity contribution in [3.05, 3.63) is 63.8 Å². The van der Waals surface area contributed by atoms with Gasteiger partial charge in [-0.15, -0.1) is 0 Å². The number of rotatable bonds is 3. The van der Waals surface area contributed by atoms with E-state index in [1.54, 1.807) is 0 Å². The van der Waals surface area contributed by atoms with Crippen LogP contribution in [-0.4, -0.2) is 16.0 Å². The number of nitrogens with one attached hydrogen (secondary N) is 1. The summed E-state index contributed by atoms with van der Waals surface area (Å²) in [6, 6.07) is 7.98. The number of halogens is 2. The second-order valence-electron chi connectivity index (χ2n) is 3.58. The van der Waals surface area contributed by atoms with Gasteiger partial charge < -0.3 is 0 Å². The molecule has 1 aromatic heterocycles. The van der Waals surface area contributed by atoms with Crippen LogP contribution in [0.25, 0.3) is 0 Å². The van der Waals surface area contributed by atoms with Gasteiger partial charge in [0.1, 0.15) is 10.6 Å². The van der Waals surface area contributed by atoms with Gasteiger partial charge in [0.2, 0.25) is 0 Å². The molecule has 1 atom stereocenters. The van der Waals surface area contributed by atoms with E-state index >= 15 is 0 Å². The summed E-state index contributed by atoms with van der Waals surface area (Å²) in [6.07, 6.45) is 0. The van der Waals surface area contributed by atoms with Gasteiger partial charge >= 0.3 is 0 Å². The predicted octanol–water partition coefficient (Wildman–Crippen LogP) is 2.23. The first-order valence-corrected chi connectivity index (χ1v) is 5.99. The average molecular weight is 311 g/mol. The number of hydrogen-bond donors (Lipinski definition) is 1. The molecule has 1 aromatic carbocycles. The Labute approximate surface area is 110 Å². The van der Waals surface area contributed by atoms with Gasteiger partial charge in [0, 0.05) is 11.6 Å². The summed E-state index contributed by atoms with van der Waals surface area (Å²) in [5.41, 5.74) is 0.419. The van der Waals surface area contributed by atoms with Gasteiger partial charge in [-0.3, -0.25) is 9.59 Å². The summed E-state index contributed by atoms with van der Waals surface area (Å²) in [5, 5.41) is 6.01. The third-order valence-electron chi connectivity index (χ3n) is 2.32. The Morgan fingerprint density at radius 3 is 2.44 bits per heavy atom. The van der Waals surface area contributed by atoms with E-state index < -0.39 is 10.6 Å². The van der Waals surface area contributed by atoms with Crippen molar-refractivity contribution >= 4 is 21.7 Å². The number of aromatic nitrogens is 2. The smallest absolute Gasteiger partial charge is 0.264 e. The van der Waals surface area contributed by atoms with Crippen molar-refractivity contribution < 1.29 is 9.18 Å². The molecule has 0 fully saturated rings. The van der Waals surface area contributed by atoms with Crippen LogP contribution in [0, 0.1) is 5.82 Å². The molecule has 2 rings (SSSR count). The van der Waals surface area contributed by atoms with Crippen LogP contribution in [0.15, 0.2) is 41.2 Å². The number of benzene rings is 1. The van der Waals surface area contributed by atoms with Crippen molar-refractivity contribution in [3.8, 4) is 0 Å². The van der Waals surface area contributed by atoms with Gasteiger partial charge in [0.25, 0.3) is 5.56 Å². The third-order valence-corrected chi connectivity index (χ3v) is 3.20. The van der Waals surface area contributed by atoms with E-state index in [9.17, 15) is 14.0 Å². The number of ketones is 1. The van der Waals surface area contributed by atoms with E-state index in [1.807, 2.05) is 0 Å². The van der Waals surface area contributed by atoms with Crippen molar-refractivity contribution in [2.24, 2.45) is 0 Å². The maximum absolute atomic E-state index is 12.7. The van der Waals surface area contributed by atoms with Crippen LogP contribution in [0.2, 0.25) is 0 Å². The van der Waals surface area contributed by atoms with E-state index in [-0.39, 0.29) is 11.3 Å². The highest BCUT2D eigenvalue weighted by Gasteiger charge is 2.20. The van der Waals surface area contributed by atoms with Crippen molar-refractivity contribution in [3.63, 3.8) is 0 Å². The summed E-state index contributed by atoms with van der Waals surface area (Å²) in [4.78, 5) is 22.2. The lowest BCUT2D eigenvalue weighted by atomic mass is 10.1. The van der Waals surface area contributed by atoms with Crippen molar-refractivity contribution in [2.75, 3.05) is 0 Å². The molecule has 0 aliphatic carbocycles. The molecule has 0 radical (unpaired) electrons. The standard InChI is InChI=1S/C12H8BrFN2O2/c13-11(9-5-6-10(17)16-15-9)12(18)7-1-3-8(14)4-2-7/h1-6,11H,(H,16,17). The van der Waals surface area contributed by atoms with Crippen LogP contribution in [-0.2, 0) is 0 Å². The maximum Gasteiger partial charge on any atom is 0.264 e. The molecular formula is C12H8BrFN2O2. The molecule has 4 nitrogen and oxygen atoms in total. The molecule has 0 saturated heterocycles. The second-order valence-corrected chi connectivity index (χ2v) is 4.50. The molecular weight excluding hydrogens is 303 g/mol. The second kappa shape index (κ2) is 5.22. The molecule has 1 heterocycles. The van der Waals surface area contributed by atoms with Gasteiger partial charge in [-0.25, -0.2) is 9.49 Å². The Morgan fingerprint density at radius 1 is 1.22 bits per heavy atom. The van der Waals surface area contributed by atoms with E-state index in [4.69, 9.17) is 0 Å². The summed E-state index contributed by atoms with van der Waals surface area (Å²) in [5.74, 6) is -0.658. The number of alkyl halides is 1. The van der Waals surface area contributed by atoms with Crippen LogP contribution >= 0.6 is 15.9 Å². The van der Waals surface area contributed by atoms with Gasteiger partial charge in [-0.1, -0.05) is 15.9 Å². The molecule has 0 aliphatic rings. The maximum atomic E-state index is 12.7. The third kappa shape index (κ3) is 2.70. The van der Waals surface area contributed by atoms with Crippen molar-refractivity contribution in [2.45, 2.75) is 4.83 Å². The predicted molar refractivity (Wildman–Crippen MR) is 67.3 cm³/mol. The molecule has 0 amide bonds. The Kier molecular flexibility index (Phi) is 3.66. The van der Waals surface area contributed by atoms with Crippen LogP contribution < -0.4 is 5.56 Å². The minimum absolute atomic E-state index is 0.255. The lowest BCUT2D eigenvalue weighted by Gasteiger charge is -2.07. The number of nitrogens with zero attached hydrogens (tertiary/aromatic N) is 1. The number of hydrogen-bond acceptors (Lipinski definition) is 3. The summed E-state index contributed by atoms with van der Waals surface area (Å²) < 4.78 is 12.7. The van der Waals surface area contributed by atoms with Crippen LogP contribution in [0.3, 0.4) is 0 Å². The van der Waals surface area contributed by atoms with E-state index in [2.05, 4.69) is 26.1 Å². The fourth-order valence-corrected chi connectivity index (χ4v) is 1.91. The van der Waals surface area contributed by atoms with Crippen molar-refractivity contribution in [1.29, 1.82) is 0 Å². The summed E-state index contributed by atoms with van der Waals surface area (Å²) in [6.45, 7) is 0. The number of carbonyl (C=O) groups excluding carboxylic acids is 1. The highest BCUT2D eigenvalue weighted by atomic mass is 79.9. The molecule has 0 bridgehead atoms. The topological polar surface area (TPSA) is 62.8 Å². The molecule has 2 aromatic rings. The Bertz CT molecular complexity index is 604. The monoisotopic (exact) mass is 310 g/mol.